The van der Waals surface area contributed by atoms with Crippen LogP contribution in [0.15, 0.2) is 18.2 Å². The molecule has 1 amide bonds. The van der Waals surface area contributed by atoms with Gasteiger partial charge in [-0.15, -0.1) is 0 Å². The van der Waals surface area contributed by atoms with E-state index in [2.05, 4.69) is 57.7 Å². The quantitative estimate of drug-likeness (QED) is 0.474. The third-order valence-corrected chi connectivity index (χ3v) is 4.93. The molecule has 0 fully saturated rings. The molecule has 0 atom stereocenters. The lowest BCUT2D eigenvalue weighted by atomic mass is 9.99. The van der Waals surface area contributed by atoms with Crippen molar-refractivity contribution in [3.63, 3.8) is 0 Å². The summed E-state index contributed by atoms with van der Waals surface area (Å²) < 4.78 is 0. The summed E-state index contributed by atoms with van der Waals surface area (Å²) >= 11 is 0. The monoisotopic (exact) mass is 331 g/mol. The van der Waals surface area contributed by atoms with E-state index in [1.807, 2.05) is 0 Å². The average molecular weight is 332 g/mol. The molecule has 0 saturated carbocycles. The first-order valence-electron chi connectivity index (χ1n) is 9.89. The highest BCUT2D eigenvalue weighted by Crippen LogP contribution is 2.21. The van der Waals surface area contributed by atoms with Gasteiger partial charge in [0, 0.05) is 19.0 Å². The van der Waals surface area contributed by atoms with Gasteiger partial charge in [0.15, 0.2) is 0 Å². The lowest BCUT2D eigenvalue weighted by molar-refractivity contribution is -0.134. The fourth-order valence-electron chi connectivity index (χ4n) is 3.21. The van der Waals surface area contributed by atoms with Crippen LogP contribution in [0.25, 0.3) is 0 Å². The normalized spacial score (nSPS) is 11.1. The van der Waals surface area contributed by atoms with Crippen LogP contribution in [0.1, 0.15) is 88.8 Å². The molecule has 1 aromatic carbocycles. The van der Waals surface area contributed by atoms with Gasteiger partial charge in [-0.05, 0) is 49.8 Å². The van der Waals surface area contributed by atoms with E-state index in [-0.39, 0.29) is 0 Å². The summed E-state index contributed by atoms with van der Waals surface area (Å²) in [5.41, 5.74) is 3.90. The van der Waals surface area contributed by atoms with Crippen LogP contribution in [0.3, 0.4) is 0 Å². The van der Waals surface area contributed by atoms with Crippen molar-refractivity contribution >= 4 is 5.91 Å². The van der Waals surface area contributed by atoms with E-state index < -0.39 is 0 Å². The summed E-state index contributed by atoms with van der Waals surface area (Å²) in [4.78, 5) is 15.0. The third kappa shape index (κ3) is 6.67. The Kier molecular flexibility index (Phi) is 9.75. The summed E-state index contributed by atoms with van der Waals surface area (Å²) in [6.45, 7) is 11.6. The van der Waals surface area contributed by atoms with E-state index in [0.717, 1.165) is 25.8 Å². The number of hydrogen-bond donors (Lipinski definition) is 0. The molecule has 1 aromatic rings. The number of unbranched alkanes of at least 4 members (excludes halogenated alkanes) is 2. The predicted molar refractivity (Wildman–Crippen MR) is 104 cm³/mol. The maximum Gasteiger partial charge on any atom is 0.223 e. The Labute approximate surface area is 149 Å². The molecule has 2 heteroatoms. The van der Waals surface area contributed by atoms with Crippen molar-refractivity contribution in [3.8, 4) is 0 Å². The van der Waals surface area contributed by atoms with Crippen LogP contribution in [0.4, 0.5) is 0 Å². The largest absolute Gasteiger partial charge is 0.335 e. The van der Waals surface area contributed by atoms with Crippen molar-refractivity contribution in [1.29, 1.82) is 0 Å². The molecular weight excluding hydrogens is 294 g/mol. The molecule has 0 aliphatic rings. The fraction of sp³-hybridized carbons (Fsp3) is 0.682. The molecule has 0 N–H and O–H groups in total. The van der Waals surface area contributed by atoms with Crippen LogP contribution in [0.5, 0.6) is 0 Å². The standard InChI is InChI=1S/C22H37NO/c1-6-9-12-21(13-10-7-2)23(22(24)11-8-3)17-20-15-14-18(4)19(5)16-20/h14-16,21H,6-13,17H2,1-5H3. The smallest absolute Gasteiger partial charge is 0.223 e. The molecule has 136 valence electrons. The van der Waals surface area contributed by atoms with E-state index in [1.54, 1.807) is 0 Å². The second-order valence-electron chi connectivity index (χ2n) is 7.13. The van der Waals surface area contributed by atoms with Crippen LogP contribution in [0, 0.1) is 13.8 Å². The Balaban J connectivity index is 2.97. The van der Waals surface area contributed by atoms with E-state index in [4.69, 9.17) is 0 Å². The molecule has 0 radical (unpaired) electrons. The Bertz CT molecular complexity index is 487. The molecule has 0 aromatic heterocycles. The minimum atomic E-state index is 0.327. The molecule has 0 heterocycles. The number of nitrogens with zero attached hydrogens (tertiary/aromatic N) is 1. The lowest BCUT2D eigenvalue weighted by Gasteiger charge is -2.32. The van der Waals surface area contributed by atoms with Gasteiger partial charge < -0.3 is 4.90 Å². The minimum Gasteiger partial charge on any atom is -0.335 e. The highest BCUT2D eigenvalue weighted by atomic mass is 16.2. The summed E-state index contributed by atoms with van der Waals surface area (Å²) in [5.74, 6) is 0.327. The zero-order valence-electron chi connectivity index (χ0n) is 16.5. The van der Waals surface area contributed by atoms with Gasteiger partial charge in [-0.25, -0.2) is 0 Å². The second-order valence-corrected chi connectivity index (χ2v) is 7.13. The number of amides is 1. The SMILES string of the molecule is CCCCC(CCCC)N(Cc1ccc(C)c(C)c1)C(=O)CCC. The number of benzene rings is 1. The fourth-order valence-corrected chi connectivity index (χ4v) is 3.21. The van der Waals surface area contributed by atoms with Crippen LogP contribution in [-0.2, 0) is 11.3 Å². The van der Waals surface area contributed by atoms with Gasteiger partial charge in [-0.1, -0.05) is 64.7 Å². The lowest BCUT2D eigenvalue weighted by Crippen LogP contribution is -2.39. The summed E-state index contributed by atoms with van der Waals surface area (Å²) in [5, 5.41) is 0. The van der Waals surface area contributed by atoms with Gasteiger partial charge in [0.05, 0.1) is 0 Å². The number of carbonyl (C=O) groups is 1. The molecule has 0 bridgehead atoms. The van der Waals surface area contributed by atoms with Crippen LogP contribution >= 0.6 is 0 Å². The Morgan fingerprint density at radius 1 is 0.958 bits per heavy atom. The van der Waals surface area contributed by atoms with E-state index >= 15 is 0 Å². The average Bonchev–Trinajstić information content (AvgIpc) is 2.56. The second kappa shape index (κ2) is 11.3. The first-order valence-corrected chi connectivity index (χ1v) is 9.89. The van der Waals surface area contributed by atoms with Gasteiger partial charge in [-0.2, -0.15) is 0 Å². The van der Waals surface area contributed by atoms with Crippen LogP contribution < -0.4 is 0 Å². The van der Waals surface area contributed by atoms with Crippen LogP contribution in [-0.4, -0.2) is 16.8 Å². The molecule has 0 saturated heterocycles. The van der Waals surface area contributed by atoms with Gasteiger partial charge in [-0.3, -0.25) is 4.79 Å². The summed E-state index contributed by atoms with van der Waals surface area (Å²) in [7, 11) is 0. The van der Waals surface area contributed by atoms with Crippen molar-refractivity contribution in [2.24, 2.45) is 0 Å². The topological polar surface area (TPSA) is 20.3 Å². The number of rotatable bonds is 11. The Morgan fingerprint density at radius 3 is 2.08 bits per heavy atom. The highest BCUT2D eigenvalue weighted by Gasteiger charge is 2.22. The first-order chi connectivity index (χ1) is 11.5. The third-order valence-electron chi connectivity index (χ3n) is 4.93. The van der Waals surface area contributed by atoms with Crippen molar-refractivity contribution in [3.05, 3.63) is 34.9 Å². The van der Waals surface area contributed by atoms with E-state index in [0.29, 0.717) is 18.4 Å². The number of aryl methyl sites for hydroxylation is 2. The van der Waals surface area contributed by atoms with E-state index in [9.17, 15) is 4.79 Å². The predicted octanol–water partition coefficient (Wildman–Crippen LogP) is 6.18. The zero-order valence-corrected chi connectivity index (χ0v) is 16.5. The molecule has 0 aliphatic carbocycles. The van der Waals surface area contributed by atoms with Crippen molar-refractivity contribution in [1.82, 2.24) is 4.90 Å². The molecule has 1 rings (SSSR count). The van der Waals surface area contributed by atoms with Crippen molar-refractivity contribution in [2.75, 3.05) is 0 Å². The maximum atomic E-state index is 12.8. The van der Waals surface area contributed by atoms with Gasteiger partial charge in [0.1, 0.15) is 0 Å². The van der Waals surface area contributed by atoms with E-state index in [1.165, 1.54) is 42.4 Å². The van der Waals surface area contributed by atoms with Gasteiger partial charge in [0.2, 0.25) is 5.91 Å². The van der Waals surface area contributed by atoms with Crippen LogP contribution in [0.2, 0.25) is 0 Å². The van der Waals surface area contributed by atoms with Crippen molar-refractivity contribution < 1.29 is 4.79 Å². The number of hydrogen-bond acceptors (Lipinski definition) is 1. The maximum absolute atomic E-state index is 12.8. The number of carbonyl (C=O) groups excluding carboxylic acids is 1. The molecule has 0 spiro atoms. The molecule has 24 heavy (non-hydrogen) atoms. The summed E-state index contributed by atoms with van der Waals surface area (Å²) in [6.07, 6.45) is 8.67. The molecular formula is C22H37NO. The minimum absolute atomic E-state index is 0.327. The van der Waals surface area contributed by atoms with Gasteiger partial charge >= 0.3 is 0 Å². The zero-order chi connectivity index (χ0) is 17.9. The molecule has 0 aliphatic heterocycles. The molecule has 0 unspecified atom stereocenters. The first kappa shape index (κ1) is 20.7. The Morgan fingerprint density at radius 2 is 1.58 bits per heavy atom. The van der Waals surface area contributed by atoms with Gasteiger partial charge in [0.25, 0.3) is 0 Å². The Hall–Kier alpha value is -1.31. The highest BCUT2D eigenvalue weighted by molar-refractivity contribution is 5.76. The summed E-state index contributed by atoms with van der Waals surface area (Å²) in [6, 6.07) is 7.01. The molecule has 2 nitrogen and oxygen atoms in total. The van der Waals surface area contributed by atoms with Crippen molar-refractivity contribution in [2.45, 2.75) is 98.6 Å².